The molecule has 1 N–H and O–H groups in total. The van der Waals surface area contributed by atoms with E-state index in [1.807, 2.05) is 24.3 Å². The van der Waals surface area contributed by atoms with Gasteiger partial charge in [-0.25, -0.2) is 0 Å². The highest BCUT2D eigenvalue weighted by atomic mass is 79.9. The van der Waals surface area contributed by atoms with Crippen molar-refractivity contribution in [3.63, 3.8) is 0 Å². The van der Waals surface area contributed by atoms with E-state index in [2.05, 4.69) is 26.2 Å². The van der Waals surface area contributed by atoms with E-state index in [4.69, 9.17) is 13.9 Å². The Morgan fingerprint density at radius 3 is 2.78 bits per heavy atom. The standard InChI is InChI=1S/C24H19BrN2O5/c1-15-24(32-20-7-3-2-6-19(20)25)23(29)18-9-8-17(11-21(18)31-15)30-14-22(28)27-13-16-5-4-10-26-12-16/h2-12H,13-14H2,1H3,(H,27,28). The number of nitrogens with zero attached hydrogens (tertiary/aromatic N) is 1. The van der Waals surface area contributed by atoms with E-state index in [0.717, 1.165) is 10.0 Å². The second-order valence-corrected chi connectivity index (χ2v) is 7.79. The molecule has 4 rings (SSSR count). The van der Waals surface area contributed by atoms with Gasteiger partial charge in [-0.05, 0) is 58.7 Å². The van der Waals surface area contributed by atoms with Crippen LogP contribution in [-0.2, 0) is 11.3 Å². The maximum Gasteiger partial charge on any atom is 0.258 e. The molecule has 162 valence electrons. The third kappa shape index (κ3) is 4.97. The average molecular weight is 495 g/mol. The molecule has 7 nitrogen and oxygen atoms in total. The Kier molecular flexibility index (Phi) is 6.51. The topological polar surface area (TPSA) is 90.7 Å². The Hall–Kier alpha value is -3.65. The molecule has 0 spiro atoms. The number of nitrogens with one attached hydrogen (secondary N) is 1. The summed E-state index contributed by atoms with van der Waals surface area (Å²) in [5.74, 6) is 1.11. The van der Waals surface area contributed by atoms with Crippen LogP contribution >= 0.6 is 15.9 Å². The number of hydrogen-bond acceptors (Lipinski definition) is 6. The SMILES string of the molecule is Cc1oc2cc(OCC(=O)NCc3cccnc3)ccc2c(=O)c1Oc1ccccc1Br. The molecule has 4 aromatic rings. The Bertz CT molecular complexity index is 1320. The summed E-state index contributed by atoms with van der Waals surface area (Å²) in [6.45, 7) is 1.85. The average Bonchev–Trinajstić information content (AvgIpc) is 2.80. The van der Waals surface area contributed by atoms with Crippen molar-refractivity contribution in [1.82, 2.24) is 10.3 Å². The van der Waals surface area contributed by atoms with Crippen LogP contribution in [0.5, 0.6) is 17.2 Å². The van der Waals surface area contributed by atoms with Crippen LogP contribution in [0.15, 0.2) is 80.7 Å². The predicted octanol–water partition coefficient (Wildman–Crippen LogP) is 4.75. The van der Waals surface area contributed by atoms with E-state index in [0.29, 0.717) is 34.8 Å². The van der Waals surface area contributed by atoms with Crippen molar-refractivity contribution in [3.05, 3.63) is 93.0 Å². The molecule has 0 unspecified atom stereocenters. The molecule has 2 aromatic heterocycles. The Morgan fingerprint density at radius 1 is 1.16 bits per heavy atom. The Balaban J connectivity index is 1.46. The fourth-order valence-corrected chi connectivity index (χ4v) is 3.38. The van der Waals surface area contributed by atoms with Gasteiger partial charge < -0.3 is 19.2 Å². The fourth-order valence-electron chi connectivity index (χ4n) is 3.02. The monoisotopic (exact) mass is 494 g/mol. The van der Waals surface area contributed by atoms with Crippen molar-refractivity contribution in [1.29, 1.82) is 0 Å². The second kappa shape index (κ2) is 9.65. The number of carbonyl (C=O) groups excluding carboxylic acids is 1. The van der Waals surface area contributed by atoms with Gasteiger partial charge in [-0.3, -0.25) is 14.6 Å². The van der Waals surface area contributed by atoms with Crippen molar-refractivity contribution < 1.29 is 18.7 Å². The van der Waals surface area contributed by atoms with Crippen molar-refractivity contribution in [2.75, 3.05) is 6.61 Å². The van der Waals surface area contributed by atoms with Crippen molar-refractivity contribution in [2.45, 2.75) is 13.5 Å². The summed E-state index contributed by atoms with van der Waals surface area (Å²) < 4.78 is 17.9. The number of aromatic nitrogens is 1. The van der Waals surface area contributed by atoms with Gasteiger partial charge in [0.2, 0.25) is 11.2 Å². The quantitative estimate of drug-likeness (QED) is 0.398. The van der Waals surface area contributed by atoms with Gasteiger partial charge in [-0.2, -0.15) is 0 Å². The van der Waals surface area contributed by atoms with Crippen LogP contribution in [-0.4, -0.2) is 17.5 Å². The van der Waals surface area contributed by atoms with Crippen LogP contribution in [0.25, 0.3) is 11.0 Å². The molecule has 0 aliphatic rings. The number of rotatable bonds is 7. The Labute approximate surface area is 192 Å². The third-order valence-corrected chi connectivity index (χ3v) is 5.27. The number of aryl methyl sites for hydroxylation is 1. The molecule has 1 amide bonds. The number of halogens is 1. The number of para-hydroxylation sites is 1. The highest BCUT2D eigenvalue weighted by molar-refractivity contribution is 9.10. The number of amides is 1. The smallest absolute Gasteiger partial charge is 0.258 e. The summed E-state index contributed by atoms with van der Waals surface area (Å²) >= 11 is 3.41. The molecule has 0 aliphatic heterocycles. The minimum Gasteiger partial charge on any atom is -0.484 e. The normalized spacial score (nSPS) is 10.7. The number of benzene rings is 2. The van der Waals surface area contributed by atoms with Gasteiger partial charge in [-0.15, -0.1) is 0 Å². The zero-order valence-corrected chi connectivity index (χ0v) is 18.7. The lowest BCUT2D eigenvalue weighted by atomic mass is 10.2. The summed E-state index contributed by atoms with van der Waals surface area (Å²) in [6, 6.07) is 15.7. The first kappa shape index (κ1) is 21.6. The van der Waals surface area contributed by atoms with Gasteiger partial charge in [0.25, 0.3) is 5.91 Å². The van der Waals surface area contributed by atoms with Crippen LogP contribution in [0.4, 0.5) is 0 Å². The summed E-state index contributed by atoms with van der Waals surface area (Å²) in [6.07, 6.45) is 3.35. The van der Waals surface area contributed by atoms with Crippen LogP contribution < -0.4 is 20.2 Å². The fraction of sp³-hybridized carbons (Fsp3) is 0.125. The molecule has 8 heteroatoms. The first-order valence-corrected chi connectivity index (χ1v) is 10.6. The van der Waals surface area contributed by atoms with E-state index in [1.54, 1.807) is 49.6 Å². The van der Waals surface area contributed by atoms with E-state index in [9.17, 15) is 9.59 Å². The maximum absolute atomic E-state index is 13.0. The highest BCUT2D eigenvalue weighted by Crippen LogP contribution is 2.31. The van der Waals surface area contributed by atoms with Gasteiger partial charge in [0.05, 0.1) is 9.86 Å². The molecule has 0 aliphatic carbocycles. The lowest BCUT2D eigenvalue weighted by Crippen LogP contribution is -2.28. The first-order valence-electron chi connectivity index (χ1n) is 9.79. The molecule has 0 saturated carbocycles. The molecule has 0 bridgehead atoms. The van der Waals surface area contributed by atoms with Gasteiger partial charge in [0.1, 0.15) is 22.8 Å². The van der Waals surface area contributed by atoms with Crippen molar-refractivity contribution >= 4 is 32.8 Å². The number of fused-ring (bicyclic) bond motifs is 1. The third-order valence-electron chi connectivity index (χ3n) is 4.62. The molecule has 2 heterocycles. The molecular formula is C24H19BrN2O5. The minimum atomic E-state index is -0.291. The van der Waals surface area contributed by atoms with Crippen LogP contribution in [0.1, 0.15) is 11.3 Å². The van der Waals surface area contributed by atoms with Crippen LogP contribution in [0, 0.1) is 6.92 Å². The predicted molar refractivity (Wildman–Crippen MR) is 123 cm³/mol. The largest absolute Gasteiger partial charge is 0.484 e. The van der Waals surface area contributed by atoms with E-state index >= 15 is 0 Å². The molecule has 0 radical (unpaired) electrons. The Morgan fingerprint density at radius 2 is 2.00 bits per heavy atom. The molecule has 2 aromatic carbocycles. The van der Waals surface area contributed by atoms with Crippen LogP contribution in [0.3, 0.4) is 0 Å². The van der Waals surface area contributed by atoms with Gasteiger partial charge >= 0.3 is 0 Å². The molecule has 0 saturated heterocycles. The number of pyridine rings is 1. The summed E-state index contributed by atoms with van der Waals surface area (Å²) in [5.41, 5.74) is 0.949. The zero-order valence-electron chi connectivity index (χ0n) is 17.1. The molecular weight excluding hydrogens is 476 g/mol. The van der Waals surface area contributed by atoms with Gasteiger partial charge in [-0.1, -0.05) is 18.2 Å². The first-order chi connectivity index (χ1) is 15.5. The molecule has 32 heavy (non-hydrogen) atoms. The van der Waals surface area contributed by atoms with Crippen LogP contribution in [0.2, 0.25) is 0 Å². The lowest BCUT2D eigenvalue weighted by Gasteiger charge is -2.11. The molecule has 0 atom stereocenters. The second-order valence-electron chi connectivity index (χ2n) is 6.93. The van der Waals surface area contributed by atoms with E-state index < -0.39 is 0 Å². The van der Waals surface area contributed by atoms with Crippen molar-refractivity contribution in [2.24, 2.45) is 0 Å². The number of carbonyl (C=O) groups is 1. The molecule has 0 fully saturated rings. The minimum absolute atomic E-state index is 0.118. The summed E-state index contributed by atoms with van der Waals surface area (Å²) in [4.78, 5) is 29.0. The van der Waals surface area contributed by atoms with Gasteiger partial charge in [0, 0.05) is 25.0 Å². The van der Waals surface area contributed by atoms with E-state index in [-0.39, 0.29) is 23.7 Å². The van der Waals surface area contributed by atoms with Crippen molar-refractivity contribution in [3.8, 4) is 17.2 Å². The number of ether oxygens (including phenoxy) is 2. The summed E-state index contributed by atoms with van der Waals surface area (Å²) in [7, 11) is 0. The number of hydrogen-bond donors (Lipinski definition) is 1. The summed E-state index contributed by atoms with van der Waals surface area (Å²) in [5, 5.41) is 3.11. The zero-order chi connectivity index (χ0) is 22.5. The van der Waals surface area contributed by atoms with E-state index in [1.165, 1.54) is 0 Å². The van der Waals surface area contributed by atoms with Gasteiger partial charge in [0.15, 0.2) is 6.61 Å². The maximum atomic E-state index is 13.0. The highest BCUT2D eigenvalue weighted by Gasteiger charge is 2.16. The lowest BCUT2D eigenvalue weighted by molar-refractivity contribution is -0.123.